The van der Waals surface area contributed by atoms with Crippen LogP contribution in [-0.4, -0.2) is 12.2 Å². The summed E-state index contributed by atoms with van der Waals surface area (Å²) in [6, 6.07) is 12.6. The number of halogens is 2. The van der Waals surface area contributed by atoms with Crippen LogP contribution in [0.5, 0.6) is 5.75 Å². The molecule has 3 rings (SSSR count). The Balaban J connectivity index is 2.05. The van der Waals surface area contributed by atoms with Gasteiger partial charge in [-0.1, -0.05) is 27.5 Å². The molecule has 3 nitrogen and oxygen atoms in total. The van der Waals surface area contributed by atoms with Crippen molar-refractivity contribution in [3.63, 3.8) is 0 Å². The smallest absolute Gasteiger partial charge is 0.138 e. The molecule has 0 aliphatic rings. The fourth-order valence-electron chi connectivity index (χ4n) is 2.18. The number of aliphatic hydroxyl groups excluding tert-OH is 1. The van der Waals surface area contributed by atoms with Crippen molar-refractivity contribution in [2.75, 3.05) is 7.11 Å². The first-order valence-electron chi connectivity index (χ1n) is 6.29. The Bertz CT molecular complexity index is 797. The van der Waals surface area contributed by atoms with Gasteiger partial charge in [0.1, 0.15) is 23.2 Å². The highest BCUT2D eigenvalue weighted by Crippen LogP contribution is 2.34. The average molecular weight is 368 g/mol. The highest BCUT2D eigenvalue weighted by molar-refractivity contribution is 9.10. The van der Waals surface area contributed by atoms with Gasteiger partial charge in [-0.15, -0.1) is 0 Å². The summed E-state index contributed by atoms with van der Waals surface area (Å²) in [7, 11) is 1.59. The van der Waals surface area contributed by atoms with E-state index in [4.69, 9.17) is 20.8 Å². The van der Waals surface area contributed by atoms with Gasteiger partial charge in [-0.3, -0.25) is 0 Å². The van der Waals surface area contributed by atoms with E-state index in [1.54, 1.807) is 37.4 Å². The van der Waals surface area contributed by atoms with Gasteiger partial charge < -0.3 is 14.3 Å². The zero-order valence-corrected chi connectivity index (χ0v) is 13.5. The Hall–Kier alpha value is -1.49. The number of methoxy groups -OCH3 is 1. The SMILES string of the molecule is COc1ccc(Br)c(C(O)c2cc3cc(Cl)ccc3o2)c1. The number of rotatable bonds is 3. The number of furan rings is 1. The van der Waals surface area contributed by atoms with E-state index in [0.717, 1.165) is 9.86 Å². The van der Waals surface area contributed by atoms with Gasteiger partial charge in [0.25, 0.3) is 0 Å². The Labute approximate surface area is 135 Å². The van der Waals surface area contributed by atoms with Crippen molar-refractivity contribution < 1.29 is 14.3 Å². The molecule has 0 fully saturated rings. The summed E-state index contributed by atoms with van der Waals surface area (Å²) >= 11 is 9.40. The van der Waals surface area contributed by atoms with Crippen LogP contribution in [0, 0.1) is 0 Å². The fourth-order valence-corrected chi connectivity index (χ4v) is 2.83. The second-order valence-corrected chi connectivity index (χ2v) is 5.91. The first-order chi connectivity index (χ1) is 10.1. The molecule has 5 heteroatoms. The summed E-state index contributed by atoms with van der Waals surface area (Å²) < 4.78 is 11.7. The molecule has 0 bridgehead atoms. The van der Waals surface area contributed by atoms with E-state index in [9.17, 15) is 5.11 Å². The highest BCUT2D eigenvalue weighted by atomic mass is 79.9. The molecule has 108 valence electrons. The molecule has 1 aromatic heterocycles. The lowest BCUT2D eigenvalue weighted by molar-refractivity contribution is 0.191. The first kappa shape index (κ1) is 14.4. The maximum Gasteiger partial charge on any atom is 0.138 e. The third kappa shape index (κ3) is 2.79. The Kier molecular flexibility index (Phi) is 3.93. The predicted octanol–water partition coefficient (Wildman–Crippen LogP) is 4.94. The van der Waals surface area contributed by atoms with Crippen LogP contribution in [0.25, 0.3) is 11.0 Å². The standard InChI is InChI=1S/C16H12BrClO3/c1-20-11-3-4-13(17)12(8-11)16(19)15-7-9-6-10(18)2-5-14(9)21-15/h2-8,16,19H,1H3. The molecule has 0 amide bonds. The minimum Gasteiger partial charge on any atom is -0.497 e. The molecule has 1 unspecified atom stereocenters. The van der Waals surface area contributed by atoms with Crippen LogP contribution in [-0.2, 0) is 0 Å². The van der Waals surface area contributed by atoms with Crippen molar-refractivity contribution in [1.29, 1.82) is 0 Å². The van der Waals surface area contributed by atoms with Crippen molar-refractivity contribution in [2.45, 2.75) is 6.10 Å². The maximum atomic E-state index is 10.6. The van der Waals surface area contributed by atoms with Crippen LogP contribution in [0.2, 0.25) is 5.02 Å². The molecule has 1 atom stereocenters. The van der Waals surface area contributed by atoms with Crippen LogP contribution >= 0.6 is 27.5 Å². The summed E-state index contributed by atoms with van der Waals surface area (Å²) in [4.78, 5) is 0. The van der Waals surface area contributed by atoms with Gasteiger partial charge in [0.05, 0.1) is 7.11 Å². The fraction of sp³-hybridized carbons (Fsp3) is 0.125. The van der Waals surface area contributed by atoms with E-state index in [1.807, 2.05) is 12.1 Å². The van der Waals surface area contributed by atoms with Gasteiger partial charge in [-0.2, -0.15) is 0 Å². The van der Waals surface area contributed by atoms with E-state index in [1.165, 1.54) is 0 Å². The van der Waals surface area contributed by atoms with Crippen molar-refractivity contribution in [2.24, 2.45) is 0 Å². The molecule has 21 heavy (non-hydrogen) atoms. The normalized spacial score (nSPS) is 12.6. The summed E-state index contributed by atoms with van der Waals surface area (Å²) in [6.45, 7) is 0. The van der Waals surface area contributed by atoms with Gasteiger partial charge >= 0.3 is 0 Å². The quantitative estimate of drug-likeness (QED) is 0.713. The van der Waals surface area contributed by atoms with Crippen LogP contribution in [0.3, 0.4) is 0 Å². The maximum absolute atomic E-state index is 10.6. The Morgan fingerprint density at radius 2 is 2.00 bits per heavy atom. The molecule has 0 saturated heterocycles. The van der Waals surface area contributed by atoms with E-state index in [0.29, 0.717) is 27.7 Å². The van der Waals surface area contributed by atoms with Gasteiger partial charge in [0, 0.05) is 20.4 Å². The van der Waals surface area contributed by atoms with E-state index in [2.05, 4.69) is 15.9 Å². The topological polar surface area (TPSA) is 42.6 Å². The zero-order valence-electron chi connectivity index (χ0n) is 11.1. The third-order valence-corrected chi connectivity index (χ3v) is 4.22. The molecule has 1 heterocycles. The van der Waals surface area contributed by atoms with Crippen molar-refractivity contribution >= 4 is 38.5 Å². The molecule has 0 spiro atoms. The van der Waals surface area contributed by atoms with Crippen LogP contribution in [0.1, 0.15) is 17.4 Å². The average Bonchev–Trinajstić information content (AvgIpc) is 2.90. The predicted molar refractivity (Wildman–Crippen MR) is 86.0 cm³/mol. The summed E-state index contributed by atoms with van der Waals surface area (Å²) in [5.41, 5.74) is 1.37. The highest BCUT2D eigenvalue weighted by Gasteiger charge is 2.19. The summed E-state index contributed by atoms with van der Waals surface area (Å²) in [5, 5.41) is 12.0. The largest absolute Gasteiger partial charge is 0.497 e. The molecular weight excluding hydrogens is 356 g/mol. The van der Waals surface area contributed by atoms with Gasteiger partial charge in [-0.05, 0) is 42.5 Å². The lowest BCUT2D eigenvalue weighted by atomic mass is 10.1. The van der Waals surface area contributed by atoms with Crippen LogP contribution in [0.15, 0.2) is 51.4 Å². The summed E-state index contributed by atoms with van der Waals surface area (Å²) in [6.07, 6.45) is -0.888. The second-order valence-electron chi connectivity index (χ2n) is 4.62. The third-order valence-electron chi connectivity index (χ3n) is 3.26. The van der Waals surface area contributed by atoms with Crippen molar-refractivity contribution in [3.05, 3.63) is 63.3 Å². The van der Waals surface area contributed by atoms with E-state index < -0.39 is 6.10 Å². The number of fused-ring (bicyclic) bond motifs is 1. The van der Waals surface area contributed by atoms with E-state index >= 15 is 0 Å². The lowest BCUT2D eigenvalue weighted by Gasteiger charge is -2.11. The van der Waals surface area contributed by atoms with Gasteiger partial charge in [-0.25, -0.2) is 0 Å². The Morgan fingerprint density at radius 3 is 2.76 bits per heavy atom. The molecule has 0 aliphatic carbocycles. The lowest BCUT2D eigenvalue weighted by Crippen LogP contribution is -1.99. The van der Waals surface area contributed by atoms with Crippen molar-refractivity contribution in [3.8, 4) is 5.75 Å². The number of ether oxygens (including phenoxy) is 1. The van der Waals surface area contributed by atoms with Crippen LogP contribution < -0.4 is 4.74 Å². The zero-order chi connectivity index (χ0) is 15.0. The monoisotopic (exact) mass is 366 g/mol. The minimum atomic E-state index is -0.888. The molecule has 3 aromatic rings. The molecule has 0 saturated carbocycles. The Morgan fingerprint density at radius 1 is 1.19 bits per heavy atom. The van der Waals surface area contributed by atoms with Crippen LogP contribution in [0.4, 0.5) is 0 Å². The first-order valence-corrected chi connectivity index (χ1v) is 7.46. The second kappa shape index (κ2) is 5.72. The number of hydrogen-bond acceptors (Lipinski definition) is 3. The van der Waals surface area contributed by atoms with Gasteiger partial charge in [0.15, 0.2) is 0 Å². The molecular formula is C16H12BrClO3. The number of aliphatic hydroxyl groups is 1. The van der Waals surface area contributed by atoms with E-state index in [-0.39, 0.29) is 0 Å². The summed E-state index contributed by atoms with van der Waals surface area (Å²) in [5.74, 6) is 1.13. The molecule has 0 aliphatic heterocycles. The molecule has 0 radical (unpaired) electrons. The van der Waals surface area contributed by atoms with Crippen molar-refractivity contribution in [1.82, 2.24) is 0 Å². The molecule has 2 aromatic carbocycles. The minimum absolute atomic E-state index is 0.459. The number of benzene rings is 2. The number of hydrogen-bond donors (Lipinski definition) is 1. The van der Waals surface area contributed by atoms with Gasteiger partial charge in [0.2, 0.25) is 0 Å². The molecule has 1 N–H and O–H groups in total.